The lowest BCUT2D eigenvalue weighted by molar-refractivity contribution is 0.148. The molecule has 0 aliphatic carbocycles. The predicted octanol–water partition coefficient (Wildman–Crippen LogP) is 4.34. The lowest BCUT2D eigenvalue weighted by Crippen LogP contribution is -2.43. The lowest BCUT2D eigenvalue weighted by Gasteiger charge is -2.32. The molecule has 4 aromatic rings. The first-order valence-electron chi connectivity index (χ1n) is 11.7. The molecule has 1 fully saturated rings. The van der Waals surface area contributed by atoms with Crippen molar-refractivity contribution in [1.82, 2.24) is 29.5 Å². The molecule has 0 unspecified atom stereocenters. The average molecular weight is 454 g/mol. The van der Waals surface area contributed by atoms with Crippen LogP contribution in [0.25, 0.3) is 22.5 Å². The van der Waals surface area contributed by atoms with Gasteiger partial charge in [-0.2, -0.15) is 5.10 Å². The minimum atomic E-state index is 0.572. The Morgan fingerprint density at radius 1 is 0.882 bits per heavy atom. The molecule has 0 spiro atoms. The van der Waals surface area contributed by atoms with E-state index in [2.05, 4.69) is 82.6 Å². The number of hydrogen-bond donors (Lipinski definition) is 1. The first kappa shape index (κ1) is 22.3. The summed E-state index contributed by atoms with van der Waals surface area (Å²) in [6.07, 6.45) is 3.80. The molecule has 34 heavy (non-hydrogen) atoms. The van der Waals surface area contributed by atoms with Crippen molar-refractivity contribution in [3.8, 4) is 22.5 Å². The predicted molar refractivity (Wildman–Crippen MR) is 137 cm³/mol. The van der Waals surface area contributed by atoms with Crippen LogP contribution in [0.2, 0.25) is 0 Å². The number of likely N-dealkylation sites (N-methyl/N-ethyl adjacent to an activating group) is 1. The average Bonchev–Trinajstić information content (AvgIpc) is 3.24. The molecule has 7 nitrogen and oxygen atoms in total. The maximum Gasteiger partial charge on any atom is 0.227 e. The molecule has 0 atom stereocenters. The molecule has 0 radical (unpaired) electrons. The van der Waals surface area contributed by atoms with Gasteiger partial charge in [0.1, 0.15) is 5.69 Å². The van der Waals surface area contributed by atoms with Crippen molar-refractivity contribution < 1.29 is 0 Å². The van der Waals surface area contributed by atoms with Crippen LogP contribution in [0.15, 0.2) is 67.0 Å². The molecule has 0 amide bonds. The van der Waals surface area contributed by atoms with Crippen LogP contribution in [0.1, 0.15) is 11.1 Å². The van der Waals surface area contributed by atoms with Gasteiger partial charge in [0.25, 0.3) is 0 Å². The van der Waals surface area contributed by atoms with Gasteiger partial charge in [0, 0.05) is 69.0 Å². The minimum Gasteiger partial charge on any atom is -0.324 e. The molecule has 1 N–H and O–H groups in total. The third-order valence-electron chi connectivity index (χ3n) is 6.30. The summed E-state index contributed by atoms with van der Waals surface area (Å²) in [5.41, 5.74) is 7.34. The first-order valence-corrected chi connectivity index (χ1v) is 11.7. The second kappa shape index (κ2) is 9.75. The molecule has 1 saturated heterocycles. The zero-order valence-corrected chi connectivity index (χ0v) is 20.1. The number of benzene rings is 2. The van der Waals surface area contributed by atoms with Crippen LogP contribution >= 0.6 is 0 Å². The molecule has 2 aromatic heterocycles. The fourth-order valence-corrected chi connectivity index (χ4v) is 4.26. The van der Waals surface area contributed by atoms with E-state index in [1.807, 2.05) is 24.0 Å². The van der Waals surface area contributed by atoms with E-state index < -0.39 is 0 Å². The van der Waals surface area contributed by atoms with Crippen molar-refractivity contribution in [3.63, 3.8) is 0 Å². The highest BCUT2D eigenvalue weighted by molar-refractivity contribution is 5.79. The molecule has 174 valence electrons. The Morgan fingerprint density at radius 2 is 1.62 bits per heavy atom. The zero-order valence-electron chi connectivity index (χ0n) is 20.1. The van der Waals surface area contributed by atoms with Crippen molar-refractivity contribution >= 4 is 11.6 Å². The molecule has 5 rings (SSSR count). The molecule has 0 bridgehead atoms. The van der Waals surface area contributed by atoms with E-state index in [-0.39, 0.29) is 0 Å². The number of nitrogens with zero attached hydrogens (tertiary/aromatic N) is 6. The number of aromatic nitrogens is 4. The summed E-state index contributed by atoms with van der Waals surface area (Å²) < 4.78 is 1.83. The summed E-state index contributed by atoms with van der Waals surface area (Å²) in [5.74, 6) is 0.572. The summed E-state index contributed by atoms with van der Waals surface area (Å²) in [6.45, 7) is 7.59. The maximum atomic E-state index is 4.79. The van der Waals surface area contributed by atoms with Crippen LogP contribution < -0.4 is 5.32 Å². The van der Waals surface area contributed by atoms with Crippen LogP contribution in [-0.4, -0.2) is 62.8 Å². The highest BCUT2D eigenvalue weighted by Gasteiger charge is 2.15. The van der Waals surface area contributed by atoms with E-state index in [1.54, 1.807) is 6.20 Å². The Morgan fingerprint density at radius 3 is 2.35 bits per heavy atom. The third-order valence-corrected chi connectivity index (χ3v) is 6.30. The quantitative estimate of drug-likeness (QED) is 0.469. The highest BCUT2D eigenvalue weighted by Crippen LogP contribution is 2.30. The Balaban J connectivity index is 1.31. The van der Waals surface area contributed by atoms with Crippen LogP contribution in [-0.2, 0) is 13.6 Å². The fourth-order valence-electron chi connectivity index (χ4n) is 4.26. The molecule has 2 aromatic carbocycles. The second-order valence-electron chi connectivity index (χ2n) is 9.10. The van der Waals surface area contributed by atoms with Gasteiger partial charge in [0.2, 0.25) is 5.95 Å². The maximum absolute atomic E-state index is 4.79. The number of nitrogens with one attached hydrogen (secondary N) is 1. The second-order valence-corrected chi connectivity index (χ2v) is 9.10. The van der Waals surface area contributed by atoms with Crippen molar-refractivity contribution in [1.29, 1.82) is 0 Å². The van der Waals surface area contributed by atoms with Crippen molar-refractivity contribution in [2.75, 3.05) is 38.5 Å². The van der Waals surface area contributed by atoms with Gasteiger partial charge >= 0.3 is 0 Å². The van der Waals surface area contributed by atoms with E-state index in [9.17, 15) is 0 Å². The topological polar surface area (TPSA) is 62.1 Å². The molecular formula is C27H31N7. The van der Waals surface area contributed by atoms with Crippen LogP contribution in [0.5, 0.6) is 0 Å². The van der Waals surface area contributed by atoms with Crippen molar-refractivity contribution in [2.24, 2.45) is 7.05 Å². The molecule has 0 saturated carbocycles. The summed E-state index contributed by atoms with van der Waals surface area (Å²) in [6, 6.07) is 18.9. The van der Waals surface area contributed by atoms with E-state index >= 15 is 0 Å². The summed E-state index contributed by atoms with van der Waals surface area (Å²) in [7, 11) is 4.12. The van der Waals surface area contributed by atoms with Crippen molar-refractivity contribution in [2.45, 2.75) is 13.5 Å². The number of piperazine rings is 1. The molecule has 3 heterocycles. The third kappa shape index (κ3) is 5.16. The largest absolute Gasteiger partial charge is 0.324 e. The first-order chi connectivity index (χ1) is 16.5. The Labute approximate surface area is 201 Å². The number of aryl methyl sites for hydroxylation is 2. The van der Waals surface area contributed by atoms with Gasteiger partial charge < -0.3 is 10.2 Å². The summed E-state index contributed by atoms with van der Waals surface area (Å²) in [4.78, 5) is 14.1. The fraction of sp³-hybridized carbons (Fsp3) is 0.296. The smallest absolute Gasteiger partial charge is 0.227 e. The summed E-state index contributed by atoms with van der Waals surface area (Å²) >= 11 is 0. The normalized spacial score (nSPS) is 14.9. The van der Waals surface area contributed by atoms with Gasteiger partial charge in [-0.05, 0) is 37.7 Å². The van der Waals surface area contributed by atoms with E-state index in [0.29, 0.717) is 5.95 Å². The van der Waals surface area contributed by atoms with Crippen molar-refractivity contribution in [3.05, 3.63) is 78.1 Å². The molecular weight excluding hydrogens is 422 g/mol. The Bertz CT molecular complexity index is 1240. The Hall–Kier alpha value is -3.55. The highest BCUT2D eigenvalue weighted by atomic mass is 15.3. The monoisotopic (exact) mass is 453 g/mol. The van der Waals surface area contributed by atoms with E-state index in [0.717, 1.165) is 60.9 Å². The standard InChI is InChI=1S/C27H31N7/c1-20-4-8-22(9-5-20)26-24(19-33(3)31-26)25-12-13-28-27(30-25)29-23-10-6-21(7-11-23)18-34-16-14-32(2)15-17-34/h4-13,19H,14-18H2,1-3H3,(H,28,29,30). The number of rotatable bonds is 6. The van der Waals surface area contributed by atoms with Gasteiger partial charge in [-0.1, -0.05) is 42.0 Å². The summed E-state index contributed by atoms with van der Waals surface area (Å²) in [5, 5.41) is 8.05. The van der Waals surface area contributed by atoms with Crippen LogP contribution in [0, 0.1) is 6.92 Å². The number of hydrogen-bond acceptors (Lipinski definition) is 6. The van der Waals surface area contributed by atoms with E-state index in [4.69, 9.17) is 10.1 Å². The lowest BCUT2D eigenvalue weighted by atomic mass is 10.0. The van der Waals surface area contributed by atoms with Crippen LogP contribution in [0.4, 0.5) is 11.6 Å². The van der Waals surface area contributed by atoms with E-state index in [1.165, 1.54) is 11.1 Å². The van der Waals surface area contributed by atoms with Gasteiger partial charge in [-0.15, -0.1) is 0 Å². The number of anilines is 2. The Kier molecular flexibility index (Phi) is 6.38. The van der Waals surface area contributed by atoms with Gasteiger partial charge in [-0.25, -0.2) is 9.97 Å². The van der Waals surface area contributed by atoms with Crippen LogP contribution in [0.3, 0.4) is 0 Å². The molecule has 7 heteroatoms. The van der Waals surface area contributed by atoms with Gasteiger partial charge in [-0.3, -0.25) is 9.58 Å². The van der Waals surface area contributed by atoms with Gasteiger partial charge in [0.15, 0.2) is 0 Å². The van der Waals surface area contributed by atoms with Gasteiger partial charge in [0.05, 0.1) is 5.69 Å². The molecule has 1 aliphatic heterocycles. The molecule has 1 aliphatic rings. The SMILES string of the molecule is Cc1ccc(-c2nn(C)cc2-c2ccnc(Nc3ccc(CN4CCN(C)CC4)cc3)n2)cc1. The zero-order chi connectivity index (χ0) is 23.5. The minimum absolute atomic E-state index is 0.572.